The first-order valence-corrected chi connectivity index (χ1v) is 9.06. The molecule has 0 aliphatic carbocycles. The highest BCUT2D eigenvalue weighted by Gasteiger charge is 2.20. The van der Waals surface area contributed by atoms with Crippen LogP contribution in [0, 0.1) is 0 Å². The zero-order valence-corrected chi connectivity index (χ0v) is 14.4. The van der Waals surface area contributed by atoms with Gasteiger partial charge in [-0.15, -0.1) is 0 Å². The summed E-state index contributed by atoms with van der Waals surface area (Å²) in [5, 5.41) is 13.0. The van der Waals surface area contributed by atoms with E-state index in [1.165, 1.54) is 0 Å². The van der Waals surface area contributed by atoms with Gasteiger partial charge in [-0.25, -0.2) is 0 Å². The van der Waals surface area contributed by atoms with Crippen LogP contribution in [0.25, 0.3) is 11.1 Å². The summed E-state index contributed by atoms with van der Waals surface area (Å²) in [7, 11) is 0. The molecule has 122 valence electrons. The van der Waals surface area contributed by atoms with Crippen molar-refractivity contribution in [1.29, 1.82) is 0 Å². The molecule has 1 amide bonds. The molecule has 0 saturated heterocycles. The topological polar surface area (TPSA) is 49.3 Å². The zero-order chi connectivity index (χ0) is 16.7. The standard InChI is InChI=1S/C19H23NO2S/c1-19(22,12-13-23-2)14-20-18(21)17-10-8-16(9-11-17)15-6-4-3-5-7-15/h3-11,22H,12-14H2,1-2H3,(H,20,21)/t19-/m0/s1. The van der Waals surface area contributed by atoms with E-state index in [4.69, 9.17) is 0 Å². The van der Waals surface area contributed by atoms with E-state index in [-0.39, 0.29) is 12.5 Å². The lowest BCUT2D eigenvalue weighted by molar-refractivity contribution is 0.0528. The summed E-state index contributed by atoms with van der Waals surface area (Å²) < 4.78 is 0. The number of nitrogens with one attached hydrogen (secondary N) is 1. The van der Waals surface area contributed by atoms with Gasteiger partial charge in [0, 0.05) is 12.1 Å². The molecule has 0 heterocycles. The van der Waals surface area contributed by atoms with Crippen molar-refractivity contribution in [3.63, 3.8) is 0 Å². The number of thioether (sulfide) groups is 1. The Hall–Kier alpha value is -1.78. The molecular formula is C19H23NO2S. The minimum Gasteiger partial charge on any atom is -0.388 e. The lowest BCUT2D eigenvalue weighted by atomic mass is 10.0. The molecule has 0 spiro atoms. The SMILES string of the molecule is CSCC[C@](C)(O)CNC(=O)c1ccc(-c2ccccc2)cc1. The van der Waals surface area contributed by atoms with Crippen LogP contribution in [0.2, 0.25) is 0 Å². The van der Waals surface area contributed by atoms with Crippen LogP contribution in [-0.2, 0) is 0 Å². The fourth-order valence-electron chi connectivity index (χ4n) is 2.23. The van der Waals surface area contributed by atoms with Gasteiger partial charge in [0.1, 0.15) is 0 Å². The third kappa shape index (κ3) is 5.41. The Morgan fingerprint density at radius 2 is 1.70 bits per heavy atom. The van der Waals surface area contributed by atoms with E-state index in [1.54, 1.807) is 18.7 Å². The van der Waals surface area contributed by atoms with Gasteiger partial charge in [0.25, 0.3) is 5.91 Å². The maximum absolute atomic E-state index is 12.2. The lowest BCUT2D eigenvalue weighted by Crippen LogP contribution is -2.41. The molecular weight excluding hydrogens is 306 g/mol. The number of hydrogen-bond acceptors (Lipinski definition) is 3. The van der Waals surface area contributed by atoms with Gasteiger partial charge in [0.2, 0.25) is 0 Å². The van der Waals surface area contributed by atoms with E-state index >= 15 is 0 Å². The van der Waals surface area contributed by atoms with Crippen LogP contribution in [0.1, 0.15) is 23.7 Å². The van der Waals surface area contributed by atoms with E-state index in [0.717, 1.165) is 16.9 Å². The van der Waals surface area contributed by atoms with Gasteiger partial charge >= 0.3 is 0 Å². The molecule has 2 aromatic rings. The van der Waals surface area contributed by atoms with E-state index in [2.05, 4.69) is 5.32 Å². The molecule has 2 N–H and O–H groups in total. The van der Waals surface area contributed by atoms with Crippen molar-refractivity contribution in [2.75, 3.05) is 18.6 Å². The number of rotatable bonds is 7. The van der Waals surface area contributed by atoms with Crippen molar-refractivity contribution in [1.82, 2.24) is 5.32 Å². The van der Waals surface area contributed by atoms with Crippen molar-refractivity contribution >= 4 is 17.7 Å². The number of benzene rings is 2. The summed E-state index contributed by atoms with van der Waals surface area (Å²) >= 11 is 1.69. The molecule has 0 bridgehead atoms. The second-order valence-corrected chi connectivity index (χ2v) is 6.85. The second-order valence-electron chi connectivity index (χ2n) is 5.87. The highest BCUT2D eigenvalue weighted by atomic mass is 32.2. The normalized spacial score (nSPS) is 13.3. The Kier molecular flexibility index (Phi) is 6.25. The Labute approximate surface area is 142 Å². The lowest BCUT2D eigenvalue weighted by Gasteiger charge is -2.23. The summed E-state index contributed by atoms with van der Waals surface area (Å²) in [4.78, 5) is 12.2. The van der Waals surface area contributed by atoms with E-state index < -0.39 is 5.60 Å². The highest BCUT2D eigenvalue weighted by molar-refractivity contribution is 7.98. The Morgan fingerprint density at radius 1 is 1.09 bits per heavy atom. The highest BCUT2D eigenvalue weighted by Crippen LogP contribution is 2.19. The summed E-state index contributed by atoms with van der Waals surface area (Å²) in [5.41, 5.74) is 1.93. The number of hydrogen-bond donors (Lipinski definition) is 2. The summed E-state index contributed by atoms with van der Waals surface area (Å²) in [6.45, 7) is 2.01. The Morgan fingerprint density at radius 3 is 2.30 bits per heavy atom. The average Bonchev–Trinajstić information content (AvgIpc) is 2.59. The van der Waals surface area contributed by atoms with Gasteiger partial charge in [0.15, 0.2) is 0 Å². The quantitative estimate of drug-likeness (QED) is 0.816. The first-order valence-electron chi connectivity index (χ1n) is 7.67. The maximum atomic E-state index is 12.2. The van der Waals surface area contributed by atoms with Gasteiger partial charge in [-0.2, -0.15) is 11.8 Å². The van der Waals surface area contributed by atoms with Gasteiger partial charge in [-0.1, -0.05) is 42.5 Å². The first kappa shape index (κ1) is 17.6. The molecule has 0 aromatic heterocycles. The first-order chi connectivity index (χ1) is 11.0. The van der Waals surface area contributed by atoms with E-state index in [1.807, 2.05) is 60.9 Å². The molecule has 0 saturated carbocycles. The molecule has 1 atom stereocenters. The smallest absolute Gasteiger partial charge is 0.251 e. The van der Waals surface area contributed by atoms with E-state index in [0.29, 0.717) is 12.0 Å². The Bertz CT molecular complexity index is 624. The molecule has 23 heavy (non-hydrogen) atoms. The molecule has 0 unspecified atom stereocenters. The number of amides is 1. The van der Waals surface area contributed by atoms with Gasteiger partial charge in [-0.3, -0.25) is 4.79 Å². The van der Waals surface area contributed by atoms with Crippen LogP contribution in [0.4, 0.5) is 0 Å². The van der Waals surface area contributed by atoms with Crippen LogP contribution >= 0.6 is 11.8 Å². The molecule has 4 heteroatoms. The molecule has 3 nitrogen and oxygen atoms in total. The fraction of sp³-hybridized carbons (Fsp3) is 0.316. The predicted octanol–water partition coefficient (Wildman–Crippen LogP) is 3.59. The third-order valence-electron chi connectivity index (χ3n) is 3.73. The van der Waals surface area contributed by atoms with Crippen molar-refractivity contribution in [3.05, 3.63) is 60.2 Å². The third-order valence-corrected chi connectivity index (χ3v) is 4.34. The molecule has 0 radical (unpaired) electrons. The number of carbonyl (C=O) groups excluding carboxylic acids is 1. The summed E-state index contributed by atoms with van der Waals surface area (Å²) in [6.07, 6.45) is 2.66. The molecule has 0 aliphatic heterocycles. The molecule has 2 rings (SSSR count). The van der Waals surface area contributed by atoms with Gasteiger partial charge < -0.3 is 10.4 Å². The van der Waals surface area contributed by atoms with Crippen molar-refractivity contribution < 1.29 is 9.90 Å². The van der Waals surface area contributed by atoms with Gasteiger partial charge in [0.05, 0.1) is 5.60 Å². The Balaban J connectivity index is 1.95. The number of carbonyl (C=O) groups is 1. The second kappa shape index (κ2) is 8.18. The fourth-order valence-corrected chi connectivity index (χ4v) is 2.87. The van der Waals surface area contributed by atoms with Crippen molar-refractivity contribution in [3.8, 4) is 11.1 Å². The average molecular weight is 329 g/mol. The van der Waals surface area contributed by atoms with Crippen LogP contribution in [0.5, 0.6) is 0 Å². The maximum Gasteiger partial charge on any atom is 0.251 e. The molecule has 2 aromatic carbocycles. The van der Waals surface area contributed by atoms with Crippen LogP contribution < -0.4 is 5.32 Å². The summed E-state index contributed by atoms with van der Waals surface area (Å²) in [5.74, 6) is 0.711. The zero-order valence-electron chi connectivity index (χ0n) is 13.6. The van der Waals surface area contributed by atoms with Gasteiger partial charge in [-0.05, 0) is 48.6 Å². The number of aliphatic hydroxyl groups is 1. The predicted molar refractivity (Wildman–Crippen MR) is 97.8 cm³/mol. The minimum atomic E-state index is -0.872. The monoisotopic (exact) mass is 329 g/mol. The molecule has 0 aliphatic rings. The van der Waals surface area contributed by atoms with Crippen LogP contribution in [0.3, 0.4) is 0 Å². The van der Waals surface area contributed by atoms with Crippen LogP contribution in [0.15, 0.2) is 54.6 Å². The molecule has 0 fully saturated rings. The minimum absolute atomic E-state index is 0.158. The van der Waals surface area contributed by atoms with Crippen LogP contribution in [-0.4, -0.2) is 35.2 Å². The van der Waals surface area contributed by atoms with Crippen molar-refractivity contribution in [2.24, 2.45) is 0 Å². The van der Waals surface area contributed by atoms with Crippen molar-refractivity contribution in [2.45, 2.75) is 18.9 Å². The van der Waals surface area contributed by atoms with E-state index in [9.17, 15) is 9.90 Å². The largest absolute Gasteiger partial charge is 0.388 e. The summed E-state index contributed by atoms with van der Waals surface area (Å²) in [6, 6.07) is 17.6.